The highest BCUT2D eigenvalue weighted by Gasteiger charge is 2.31. The first-order valence-corrected chi connectivity index (χ1v) is 7.85. The van der Waals surface area contributed by atoms with Crippen LogP contribution in [0.3, 0.4) is 0 Å². The first-order chi connectivity index (χ1) is 11.4. The minimum absolute atomic E-state index is 0.105. The number of hydrogen-bond donors (Lipinski definition) is 2. The van der Waals surface area contributed by atoms with Crippen molar-refractivity contribution >= 4 is 17.6 Å². The molecule has 0 spiro atoms. The van der Waals surface area contributed by atoms with Crippen LogP contribution in [0.4, 0.5) is 5.69 Å². The third kappa shape index (κ3) is 3.37. The summed E-state index contributed by atoms with van der Waals surface area (Å²) in [5.74, 6) is -0.404. The first kappa shape index (κ1) is 17.8. The highest BCUT2D eigenvalue weighted by atomic mass is 16.5. The second-order valence-corrected chi connectivity index (χ2v) is 5.84. The Hall–Kier alpha value is -2.50. The Morgan fingerprint density at radius 1 is 1.42 bits per heavy atom. The lowest BCUT2D eigenvalue weighted by atomic mass is 9.93. The molecular formula is C18H23NO5. The van der Waals surface area contributed by atoms with E-state index < -0.39 is 5.97 Å². The summed E-state index contributed by atoms with van der Waals surface area (Å²) in [7, 11) is 3.37. The number of rotatable bonds is 7. The Labute approximate surface area is 141 Å². The number of carboxylic acids is 1. The van der Waals surface area contributed by atoms with Crippen molar-refractivity contribution in [3.8, 4) is 5.75 Å². The second-order valence-electron chi connectivity index (χ2n) is 5.84. The molecule has 6 nitrogen and oxygen atoms in total. The van der Waals surface area contributed by atoms with E-state index in [0.29, 0.717) is 18.4 Å². The van der Waals surface area contributed by atoms with Crippen molar-refractivity contribution in [3.63, 3.8) is 0 Å². The zero-order valence-electron chi connectivity index (χ0n) is 14.5. The van der Waals surface area contributed by atoms with Crippen molar-refractivity contribution in [2.45, 2.75) is 39.7 Å². The van der Waals surface area contributed by atoms with E-state index in [2.05, 4.69) is 5.32 Å². The van der Waals surface area contributed by atoms with Gasteiger partial charge in [0.1, 0.15) is 12.4 Å². The van der Waals surface area contributed by atoms with Gasteiger partial charge in [-0.25, -0.2) is 4.79 Å². The van der Waals surface area contributed by atoms with Gasteiger partial charge >= 0.3 is 11.9 Å². The number of cyclic esters (lactones) is 1. The monoisotopic (exact) mass is 333 g/mol. The molecule has 1 heterocycles. The molecule has 2 rings (SSSR count). The topological polar surface area (TPSA) is 84.9 Å². The molecule has 0 bridgehead atoms. The molecule has 0 saturated heterocycles. The van der Waals surface area contributed by atoms with E-state index >= 15 is 0 Å². The number of allylic oxidation sites excluding steroid dienone is 2. The lowest BCUT2D eigenvalue weighted by Crippen LogP contribution is -2.08. The molecule has 0 aromatic heterocycles. The number of nitrogens with one attached hydrogen (secondary N) is 1. The molecule has 0 fully saturated rings. The van der Waals surface area contributed by atoms with Gasteiger partial charge in [0.15, 0.2) is 0 Å². The van der Waals surface area contributed by atoms with Crippen molar-refractivity contribution in [3.05, 3.63) is 33.9 Å². The number of fused-ring (bicyclic) bond motifs is 1. The SMILES string of the molecule is CNc1c(C/C=C(\C)CCC(=O)O)c(OC)c(C)c2c1C(=O)OC2. The van der Waals surface area contributed by atoms with Crippen LogP contribution in [-0.4, -0.2) is 31.2 Å². The van der Waals surface area contributed by atoms with Crippen LogP contribution in [-0.2, 0) is 22.6 Å². The van der Waals surface area contributed by atoms with E-state index in [0.717, 1.165) is 33.7 Å². The molecule has 0 radical (unpaired) electrons. The van der Waals surface area contributed by atoms with Gasteiger partial charge in [-0.2, -0.15) is 0 Å². The number of aliphatic carboxylic acids is 1. The lowest BCUT2D eigenvalue weighted by Gasteiger charge is -2.18. The molecule has 0 aliphatic carbocycles. The molecule has 2 N–H and O–H groups in total. The molecule has 1 aliphatic heterocycles. The van der Waals surface area contributed by atoms with Gasteiger partial charge in [0.25, 0.3) is 0 Å². The standard InChI is InChI=1S/C18H23NO5/c1-10(6-8-14(20)21)5-7-12-16(19-3)15-13(9-24-18(15)22)11(2)17(12)23-4/h5,19H,6-9H2,1-4H3,(H,20,21)/b10-5+. The van der Waals surface area contributed by atoms with Crippen molar-refractivity contribution in [1.82, 2.24) is 0 Å². The fraction of sp³-hybridized carbons (Fsp3) is 0.444. The van der Waals surface area contributed by atoms with Crippen molar-refractivity contribution in [1.29, 1.82) is 0 Å². The fourth-order valence-electron chi connectivity index (χ4n) is 3.01. The molecule has 1 aromatic rings. The smallest absolute Gasteiger partial charge is 0.341 e. The first-order valence-electron chi connectivity index (χ1n) is 7.85. The van der Waals surface area contributed by atoms with Crippen molar-refractivity contribution < 1.29 is 24.2 Å². The zero-order chi connectivity index (χ0) is 17.9. The number of anilines is 1. The summed E-state index contributed by atoms with van der Waals surface area (Å²) in [5.41, 5.74) is 4.92. The fourth-order valence-corrected chi connectivity index (χ4v) is 3.01. The van der Waals surface area contributed by atoms with Gasteiger partial charge in [0.2, 0.25) is 0 Å². The molecular weight excluding hydrogens is 310 g/mol. The molecule has 0 atom stereocenters. The number of hydrogen-bond acceptors (Lipinski definition) is 5. The third-order valence-electron chi connectivity index (χ3n) is 4.31. The predicted octanol–water partition coefficient (Wildman–Crippen LogP) is 3.07. The highest BCUT2D eigenvalue weighted by molar-refractivity contribution is 6.01. The maximum atomic E-state index is 12.1. The van der Waals surface area contributed by atoms with E-state index in [1.165, 1.54) is 0 Å². The second kappa shape index (κ2) is 7.38. The molecule has 24 heavy (non-hydrogen) atoms. The van der Waals surface area contributed by atoms with Crippen LogP contribution >= 0.6 is 0 Å². The van der Waals surface area contributed by atoms with Crippen LogP contribution in [0.5, 0.6) is 5.75 Å². The van der Waals surface area contributed by atoms with Gasteiger partial charge in [-0.3, -0.25) is 4.79 Å². The molecule has 0 saturated carbocycles. The van der Waals surface area contributed by atoms with Gasteiger partial charge in [0.05, 0.1) is 18.4 Å². The van der Waals surface area contributed by atoms with Gasteiger partial charge in [-0.15, -0.1) is 0 Å². The number of methoxy groups -OCH3 is 1. The Balaban J connectivity index is 2.43. The Bertz CT molecular complexity index is 706. The van der Waals surface area contributed by atoms with Gasteiger partial charge in [0, 0.05) is 24.6 Å². The van der Waals surface area contributed by atoms with Crippen LogP contribution in [0.15, 0.2) is 11.6 Å². The van der Waals surface area contributed by atoms with E-state index in [1.54, 1.807) is 14.2 Å². The highest BCUT2D eigenvalue weighted by Crippen LogP contribution is 2.41. The largest absolute Gasteiger partial charge is 0.496 e. The van der Waals surface area contributed by atoms with Crippen LogP contribution in [0, 0.1) is 6.92 Å². The quantitative estimate of drug-likeness (QED) is 0.589. The summed E-state index contributed by atoms with van der Waals surface area (Å²) >= 11 is 0. The minimum atomic E-state index is -0.813. The van der Waals surface area contributed by atoms with Crippen LogP contribution in [0.1, 0.15) is 46.8 Å². The third-order valence-corrected chi connectivity index (χ3v) is 4.31. The van der Waals surface area contributed by atoms with E-state index in [-0.39, 0.29) is 19.0 Å². The molecule has 0 amide bonds. The molecule has 130 valence electrons. The van der Waals surface area contributed by atoms with Gasteiger partial charge in [-0.1, -0.05) is 11.6 Å². The summed E-state index contributed by atoms with van der Waals surface area (Å²) in [6, 6.07) is 0. The number of carboxylic acid groups (broad SMARTS) is 1. The van der Waals surface area contributed by atoms with E-state index in [9.17, 15) is 9.59 Å². The normalized spacial score (nSPS) is 13.5. The average Bonchev–Trinajstić information content (AvgIpc) is 2.93. The van der Waals surface area contributed by atoms with Crippen molar-refractivity contribution in [2.24, 2.45) is 0 Å². The predicted molar refractivity (Wildman–Crippen MR) is 90.7 cm³/mol. The van der Waals surface area contributed by atoms with Crippen LogP contribution in [0.2, 0.25) is 0 Å². The summed E-state index contributed by atoms with van der Waals surface area (Å²) in [6.07, 6.45) is 3.13. The number of benzene rings is 1. The maximum absolute atomic E-state index is 12.1. The number of esters is 1. The Morgan fingerprint density at radius 3 is 2.71 bits per heavy atom. The summed E-state index contributed by atoms with van der Waals surface area (Å²) in [4.78, 5) is 22.8. The molecule has 6 heteroatoms. The number of ether oxygens (including phenoxy) is 2. The summed E-state index contributed by atoms with van der Waals surface area (Å²) in [5, 5.41) is 11.9. The van der Waals surface area contributed by atoms with Crippen LogP contribution in [0.25, 0.3) is 0 Å². The maximum Gasteiger partial charge on any atom is 0.341 e. The molecule has 0 unspecified atom stereocenters. The van der Waals surface area contributed by atoms with Gasteiger partial charge < -0.3 is 19.9 Å². The molecule has 1 aromatic carbocycles. The van der Waals surface area contributed by atoms with E-state index in [4.69, 9.17) is 14.6 Å². The summed E-state index contributed by atoms with van der Waals surface area (Å²) in [6.45, 7) is 4.09. The van der Waals surface area contributed by atoms with Crippen LogP contribution < -0.4 is 10.1 Å². The van der Waals surface area contributed by atoms with Gasteiger partial charge in [-0.05, 0) is 32.3 Å². The lowest BCUT2D eigenvalue weighted by molar-refractivity contribution is -0.136. The molecule has 1 aliphatic rings. The summed E-state index contributed by atoms with van der Waals surface area (Å²) < 4.78 is 10.8. The van der Waals surface area contributed by atoms with E-state index in [1.807, 2.05) is 19.9 Å². The zero-order valence-corrected chi connectivity index (χ0v) is 14.5. The number of carbonyl (C=O) groups is 2. The Kier molecular flexibility index (Phi) is 5.49. The van der Waals surface area contributed by atoms with Crippen molar-refractivity contribution in [2.75, 3.05) is 19.5 Å². The Morgan fingerprint density at radius 2 is 2.12 bits per heavy atom. The number of carbonyl (C=O) groups excluding carboxylic acids is 1. The minimum Gasteiger partial charge on any atom is -0.496 e. The average molecular weight is 333 g/mol.